The highest BCUT2D eigenvalue weighted by molar-refractivity contribution is 5.34. The summed E-state index contributed by atoms with van der Waals surface area (Å²) in [6.45, 7) is 2.15. The lowest BCUT2D eigenvalue weighted by Gasteiger charge is -2.25. The second kappa shape index (κ2) is 6.03. The lowest BCUT2D eigenvalue weighted by atomic mass is 9.89. The second-order valence-corrected chi connectivity index (χ2v) is 4.69. The van der Waals surface area contributed by atoms with Gasteiger partial charge in [0.05, 0.1) is 13.2 Å². The molecule has 0 spiro atoms. The van der Waals surface area contributed by atoms with Crippen LogP contribution in [0.15, 0.2) is 24.3 Å². The molecule has 2 N–H and O–H groups in total. The Kier molecular flexibility index (Phi) is 4.40. The number of piperidine rings is 1. The number of ether oxygens (including phenoxy) is 1. The summed E-state index contributed by atoms with van der Waals surface area (Å²) in [6.07, 6.45) is 2.75. The molecule has 0 saturated carbocycles. The van der Waals surface area contributed by atoms with E-state index in [0.717, 1.165) is 43.7 Å². The average Bonchev–Trinajstić information content (AvgIpc) is 2.40. The minimum Gasteiger partial charge on any atom is -0.496 e. The molecule has 1 aromatic carbocycles. The number of aliphatic hydroxyl groups is 1. The van der Waals surface area contributed by atoms with Gasteiger partial charge in [-0.05, 0) is 44.3 Å². The van der Waals surface area contributed by atoms with Crippen LogP contribution in [0.5, 0.6) is 5.75 Å². The molecule has 3 heteroatoms. The summed E-state index contributed by atoms with van der Waals surface area (Å²) in [6, 6.07) is 7.73. The summed E-state index contributed by atoms with van der Waals surface area (Å²) in [5, 5.41) is 13.6. The molecule has 1 unspecified atom stereocenters. The molecule has 0 bridgehead atoms. The minimum atomic E-state index is -0.408. The van der Waals surface area contributed by atoms with Crippen LogP contribution in [-0.2, 0) is 0 Å². The molecule has 0 aromatic heterocycles. The van der Waals surface area contributed by atoms with Gasteiger partial charge >= 0.3 is 0 Å². The molecule has 1 atom stereocenters. The lowest BCUT2D eigenvalue weighted by Crippen LogP contribution is -2.28. The van der Waals surface area contributed by atoms with Crippen LogP contribution >= 0.6 is 0 Å². The number of hydrogen-bond donors (Lipinski definition) is 2. The lowest BCUT2D eigenvalue weighted by molar-refractivity contribution is 0.130. The number of aliphatic hydroxyl groups excluding tert-OH is 1. The zero-order valence-corrected chi connectivity index (χ0v) is 10.4. The monoisotopic (exact) mass is 235 g/mol. The van der Waals surface area contributed by atoms with Crippen molar-refractivity contribution in [3.05, 3.63) is 29.8 Å². The van der Waals surface area contributed by atoms with Gasteiger partial charge in [-0.25, -0.2) is 0 Å². The fraction of sp³-hybridized carbons (Fsp3) is 0.571. The topological polar surface area (TPSA) is 41.5 Å². The van der Waals surface area contributed by atoms with Crippen LogP contribution in [0.4, 0.5) is 0 Å². The van der Waals surface area contributed by atoms with Gasteiger partial charge in [-0.15, -0.1) is 0 Å². The van der Waals surface area contributed by atoms with Crippen molar-refractivity contribution in [1.82, 2.24) is 5.32 Å². The molecule has 1 aromatic rings. The number of para-hydroxylation sites is 1. The maximum absolute atomic E-state index is 10.3. The van der Waals surface area contributed by atoms with E-state index in [2.05, 4.69) is 5.32 Å². The number of rotatable bonds is 4. The third-order valence-electron chi connectivity index (χ3n) is 3.51. The van der Waals surface area contributed by atoms with Crippen LogP contribution in [-0.4, -0.2) is 25.3 Å². The summed E-state index contributed by atoms with van der Waals surface area (Å²) in [5.74, 6) is 1.41. The Labute approximate surface area is 103 Å². The Hall–Kier alpha value is -1.06. The van der Waals surface area contributed by atoms with Crippen molar-refractivity contribution in [2.45, 2.75) is 25.4 Å². The van der Waals surface area contributed by atoms with E-state index >= 15 is 0 Å². The molecule has 94 valence electrons. The summed E-state index contributed by atoms with van der Waals surface area (Å²) >= 11 is 0. The fourth-order valence-electron chi connectivity index (χ4n) is 2.50. The van der Waals surface area contributed by atoms with Crippen molar-refractivity contribution in [3.63, 3.8) is 0 Å². The van der Waals surface area contributed by atoms with Gasteiger partial charge in [0.2, 0.25) is 0 Å². The van der Waals surface area contributed by atoms with E-state index in [9.17, 15) is 5.11 Å². The molecule has 2 rings (SSSR count). The van der Waals surface area contributed by atoms with Gasteiger partial charge in [-0.2, -0.15) is 0 Å². The number of nitrogens with one attached hydrogen (secondary N) is 1. The van der Waals surface area contributed by atoms with E-state index in [1.54, 1.807) is 7.11 Å². The van der Waals surface area contributed by atoms with Crippen LogP contribution in [0.2, 0.25) is 0 Å². The van der Waals surface area contributed by atoms with Crippen molar-refractivity contribution >= 4 is 0 Å². The highest BCUT2D eigenvalue weighted by Crippen LogP contribution is 2.31. The number of hydrogen-bond acceptors (Lipinski definition) is 3. The van der Waals surface area contributed by atoms with Gasteiger partial charge in [0.25, 0.3) is 0 Å². The molecule has 0 aliphatic carbocycles. The molecular formula is C14H21NO2. The Morgan fingerprint density at radius 1 is 1.35 bits per heavy atom. The predicted molar refractivity (Wildman–Crippen MR) is 68.2 cm³/mol. The summed E-state index contributed by atoms with van der Waals surface area (Å²) < 4.78 is 5.28. The molecule has 1 saturated heterocycles. The van der Waals surface area contributed by atoms with Crippen molar-refractivity contribution in [3.8, 4) is 5.75 Å². The van der Waals surface area contributed by atoms with E-state index in [0.29, 0.717) is 5.92 Å². The van der Waals surface area contributed by atoms with Crippen molar-refractivity contribution in [2.24, 2.45) is 5.92 Å². The Morgan fingerprint density at radius 3 is 2.76 bits per heavy atom. The Balaban J connectivity index is 2.00. The first-order valence-electron chi connectivity index (χ1n) is 6.33. The molecule has 1 fully saturated rings. The van der Waals surface area contributed by atoms with Gasteiger partial charge in [0.1, 0.15) is 5.75 Å². The van der Waals surface area contributed by atoms with Crippen LogP contribution in [0, 0.1) is 5.92 Å². The van der Waals surface area contributed by atoms with E-state index < -0.39 is 6.10 Å². The van der Waals surface area contributed by atoms with Crippen molar-refractivity contribution < 1.29 is 9.84 Å². The maximum atomic E-state index is 10.3. The maximum Gasteiger partial charge on any atom is 0.124 e. The summed E-state index contributed by atoms with van der Waals surface area (Å²) in [4.78, 5) is 0. The normalized spacial score (nSPS) is 18.9. The third-order valence-corrected chi connectivity index (χ3v) is 3.51. The van der Waals surface area contributed by atoms with Crippen LogP contribution in [0.25, 0.3) is 0 Å². The Morgan fingerprint density at radius 2 is 2.06 bits per heavy atom. The first-order valence-corrected chi connectivity index (χ1v) is 6.33. The fourth-order valence-corrected chi connectivity index (χ4v) is 2.50. The summed E-state index contributed by atoms with van der Waals surface area (Å²) in [7, 11) is 1.65. The highest BCUT2D eigenvalue weighted by Gasteiger charge is 2.20. The number of benzene rings is 1. The van der Waals surface area contributed by atoms with Gasteiger partial charge < -0.3 is 15.2 Å². The van der Waals surface area contributed by atoms with Crippen LogP contribution in [0.1, 0.15) is 30.9 Å². The largest absolute Gasteiger partial charge is 0.496 e. The van der Waals surface area contributed by atoms with Gasteiger partial charge in [0, 0.05) is 5.56 Å². The van der Waals surface area contributed by atoms with Gasteiger partial charge in [-0.1, -0.05) is 18.2 Å². The van der Waals surface area contributed by atoms with Crippen molar-refractivity contribution in [1.29, 1.82) is 0 Å². The van der Waals surface area contributed by atoms with Crippen LogP contribution in [0.3, 0.4) is 0 Å². The first-order chi connectivity index (χ1) is 8.31. The third kappa shape index (κ3) is 3.20. The molecule has 0 radical (unpaired) electrons. The van der Waals surface area contributed by atoms with E-state index in [-0.39, 0.29) is 0 Å². The molecule has 1 heterocycles. The number of methoxy groups -OCH3 is 1. The molecule has 0 amide bonds. The molecule has 1 aliphatic heterocycles. The van der Waals surface area contributed by atoms with Gasteiger partial charge in [-0.3, -0.25) is 0 Å². The molecule has 17 heavy (non-hydrogen) atoms. The molecule has 1 aliphatic rings. The smallest absolute Gasteiger partial charge is 0.124 e. The standard InChI is InChI=1S/C14H21NO2/c1-17-14-5-3-2-4-12(14)13(16)10-11-6-8-15-9-7-11/h2-5,11,13,15-16H,6-10H2,1H3. The van der Waals surface area contributed by atoms with E-state index in [4.69, 9.17) is 4.74 Å². The SMILES string of the molecule is COc1ccccc1C(O)CC1CCNCC1. The van der Waals surface area contributed by atoms with E-state index in [1.807, 2.05) is 24.3 Å². The average molecular weight is 235 g/mol. The zero-order valence-electron chi connectivity index (χ0n) is 10.4. The second-order valence-electron chi connectivity index (χ2n) is 4.69. The van der Waals surface area contributed by atoms with Crippen molar-refractivity contribution in [2.75, 3.05) is 20.2 Å². The van der Waals surface area contributed by atoms with E-state index in [1.165, 1.54) is 0 Å². The quantitative estimate of drug-likeness (QED) is 0.840. The highest BCUT2D eigenvalue weighted by atomic mass is 16.5. The predicted octanol–water partition coefficient (Wildman–Crippen LogP) is 2.12. The molecular weight excluding hydrogens is 214 g/mol. The molecule has 3 nitrogen and oxygen atoms in total. The first kappa shape index (κ1) is 12.4. The minimum absolute atomic E-state index is 0.408. The Bertz CT molecular complexity index is 348. The van der Waals surface area contributed by atoms with Crippen LogP contribution < -0.4 is 10.1 Å². The zero-order chi connectivity index (χ0) is 12.1. The van der Waals surface area contributed by atoms with Gasteiger partial charge in [0.15, 0.2) is 0 Å². The summed E-state index contributed by atoms with van der Waals surface area (Å²) in [5.41, 5.74) is 0.911.